The Morgan fingerprint density at radius 2 is 2.39 bits per heavy atom. The Bertz CT molecular complexity index is 555. The first-order valence-electron chi connectivity index (χ1n) is 5.45. The zero-order valence-electron chi connectivity index (χ0n) is 9.79. The van der Waals surface area contributed by atoms with Crippen LogP contribution in [0.2, 0.25) is 0 Å². The zero-order valence-corrected chi connectivity index (χ0v) is 11.4. The van der Waals surface area contributed by atoms with Crippen LogP contribution in [0.5, 0.6) is 0 Å². The summed E-state index contributed by atoms with van der Waals surface area (Å²) in [6.07, 6.45) is 2.53. The molecule has 2 rings (SSSR count). The van der Waals surface area contributed by atoms with Crippen molar-refractivity contribution in [3.8, 4) is 0 Å². The summed E-state index contributed by atoms with van der Waals surface area (Å²) in [6.45, 7) is 2.07. The quantitative estimate of drug-likeness (QED) is 0.853. The molecular formula is C12H12N2O2S2. The summed E-state index contributed by atoms with van der Waals surface area (Å²) in [5, 5.41) is 12.7. The van der Waals surface area contributed by atoms with Gasteiger partial charge in [-0.2, -0.15) is 0 Å². The van der Waals surface area contributed by atoms with Crippen molar-refractivity contribution < 1.29 is 9.90 Å². The van der Waals surface area contributed by atoms with Crippen molar-refractivity contribution in [2.75, 3.05) is 0 Å². The van der Waals surface area contributed by atoms with Gasteiger partial charge < -0.3 is 5.11 Å². The number of carboxylic acid groups (broad SMARTS) is 1. The SMILES string of the molecule is CCc1nc(CSc2ncccc2C(=O)O)cs1. The Hall–Kier alpha value is -1.40. The maximum Gasteiger partial charge on any atom is 0.338 e. The first-order chi connectivity index (χ1) is 8.70. The summed E-state index contributed by atoms with van der Waals surface area (Å²) in [7, 11) is 0. The van der Waals surface area contributed by atoms with Gasteiger partial charge in [0.25, 0.3) is 0 Å². The first-order valence-corrected chi connectivity index (χ1v) is 7.31. The van der Waals surface area contributed by atoms with Gasteiger partial charge in [-0.1, -0.05) is 18.7 Å². The van der Waals surface area contributed by atoms with Gasteiger partial charge in [-0.3, -0.25) is 0 Å². The summed E-state index contributed by atoms with van der Waals surface area (Å²) in [5.74, 6) is -0.300. The highest BCUT2D eigenvalue weighted by Crippen LogP contribution is 2.24. The van der Waals surface area contributed by atoms with Crippen LogP contribution in [-0.2, 0) is 12.2 Å². The molecule has 4 nitrogen and oxygen atoms in total. The second-order valence-electron chi connectivity index (χ2n) is 3.54. The third kappa shape index (κ3) is 3.08. The average molecular weight is 280 g/mol. The summed E-state index contributed by atoms with van der Waals surface area (Å²) >= 11 is 3.04. The molecule has 6 heteroatoms. The predicted octanol–water partition coefficient (Wildman–Crippen LogP) is 3.09. The minimum atomic E-state index is -0.946. The molecule has 0 bridgehead atoms. The maximum atomic E-state index is 11.0. The normalized spacial score (nSPS) is 10.5. The minimum absolute atomic E-state index is 0.244. The van der Waals surface area contributed by atoms with Crippen molar-refractivity contribution in [2.24, 2.45) is 0 Å². The van der Waals surface area contributed by atoms with Crippen LogP contribution in [0.15, 0.2) is 28.7 Å². The molecule has 0 aliphatic heterocycles. The number of rotatable bonds is 5. The molecular weight excluding hydrogens is 268 g/mol. The lowest BCUT2D eigenvalue weighted by molar-refractivity contribution is 0.0692. The fraction of sp³-hybridized carbons (Fsp3) is 0.250. The van der Waals surface area contributed by atoms with Crippen LogP contribution in [0.1, 0.15) is 28.0 Å². The molecule has 0 aliphatic carbocycles. The average Bonchev–Trinajstić information content (AvgIpc) is 2.84. The molecule has 0 aliphatic rings. The van der Waals surface area contributed by atoms with Gasteiger partial charge in [0.05, 0.1) is 16.3 Å². The molecule has 2 aromatic rings. The third-order valence-corrected chi connectivity index (χ3v) is 4.34. The van der Waals surface area contributed by atoms with Gasteiger partial charge in [0.2, 0.25) is 0 Å². The van der Waals surface area contributed by atoms with E-state index in [0.29, 0.717) is 10.8 Å². The van der Waals surface area contributed by atoms with E-state index in [1.54, 1.807) is 29.7 Å². The van der Waals surface area contributed by atoms with Gasteiger partial charge in [0.1, 0.15) is 5.03 Å². The molecule has 2 aromatic heterocycles. The standard InChI is InChI=1S/C12H12N2O2S2/c1-2-10-14-8(6-17-10)7-18-11-9(12(15)16)4-3-5-13-11/h3-6H,2,7H2,1H3,(H,15,16). The molecule has 18 heavy (non-hydrogen) atoms. The van der Waals surface area contributed by atoms with Crippen molar-refractivity contribution in [3.05, 3.63) is 40.0 Å². The fourth-order valence-electron chi connectivity index (χ4n) is 1.39. The van der Waals surface area contributed by atoms with Gasteiger partial charge in [-0.15, -0.1) is 11.3 Å². The van der Waals surface area contributed by atoms with Gasteiger partial charge in [-0.05, 0) is 18.6 Å². The number of thioether (sulfide) groups is 1. The second-order valence-corrected chi connectivity index (χ2v) is 5.44. The van der Waals surface area contributed by atoms with Crippen molar-refractivity contribution in [3.63, 3.8) is 0 Å². The third-order valence-electron chi connectivity index (χ3n) is 2.26. The number of hydrogen-bond acceptors (Lipinski definition) is 5. The van der Waals surface area contributed by atoms with Gasteiger partial charge in [0.15, 0.2) is 0 Å². The number of pyridine rings is 1. The Kier molecular flexibility index (Phi) is 4.33. The second kappa shape index (κ2) is 5.97. The number of thiazole rings is 1. The summed E-state index contributed by atoms with van der Waals surface area (Å²) in [5.41, 5.74) is 1.22. The van der Waals surface area contributed by atoms with E-state index in [9.17, 15) is 4.79 Å². The number of aryl methyl sites for hydroxylation is 1. The number of carbonyl (C=O) groups is 1. The van der Waals surface area contributed by atoms with E-state index in [4.69, 9.17) is 5.11 Å². The van der Waals surface area contributed by atoms with E-state index in [2.05, 4.69) is 16.9 Å². The van der Waals surface area contributed by atoms with Crippen LogP contribution < -0.4 is 0 Å². The van der Waals surface area contributed by atoms with E-state index < -0.39 is 5.97 Å². The zero-order chi connectivity index (χ0) is 13.0. The van der Waals surface area contributed by atoms with Crippen molar-refractivity contribution in [2.45, 2.75) is 24.1 Å². The van der Waals surface area contributed by atoms with Crippen LogP contribution in [-0.4, -0.2) is 21.0 Å². The van der Waals surface area contributed by atoms with E-state index >= 15 is 0 Å². The largest absolute Gasteiger partial charge is 0.478 e. The highest BCUT2D eigenvalue weighted by molar-refractivity contribution is 7.98. The van der Waals surface area contributed by atoms with Gasteiger partial charge >= 0.3 is 5.97 Å². The lowest BCUT2D eigenvalue weighted by atomic mass is 10.3. The van der Waals surface area contributed by atoms with E-state index in [1.165, 1.54) is 11.8 Å². The molecule has 0 saturated heterocycles. The number of aromatic carboxylic acids is 1. The van der Waals surface area contributed by atoms with Crippen molar-refractivity contribution in [1.82, 2.24) is 9.97 Å². The Morgan fingerprint density at radius 1 is 1.56 bits per heavy atom. The van der Waals surface area contributed by atoms with Crippen LogP contribution in [0, 0.1) is 0 Å². The molecule has 0 fully saturated rings. The van der Waals surface area contributed by atoms with E-state index in [-0.39, 0.29) is 5.56 Å². The Labute approximate surface area is 113 Å². The first kappa shape index (κ1) is 13.0. The lowest BCUT2D eigenvalue weighted by Gasteiger charge is -2.02. The van der Waals surface area contributed by atoms with Gasteiger partial charge in [0, 0.05) is 17.3 Å². The molecule has 0 spiro atoms. The summed E-state index contributed by atoms with van der Waals surface area (Å²) in [6, 6.07) is 3.20. The molecule has 0 atom stereocenters. The van der Waals surface area contributed by atoms with Crippen molar-refractivity contribution in [1.29, 1.82) is 0 Å². The topological polar surface area (TPSA) is 63.1 Å². The maximum absolute atomic E-state index is 11.0. The van der Waals surface area contributed by atoms with Crippen LogP contribution in [0.3, 0.4) is 0 Å². The molecule has 0 unspecified atom stereocenters. The van der Waals surface area contributed by atoms with Crippen LogP contribution in [0.4, 0.5) is 0 Å². The Balaban J connectivity index is 2.08. The summed E-state index contributed by atoms with van der Waals surface area (Å²) in [4.78, 5) is 19.6. The number of carboxylic acids is 1. The molecule has 1 N–H and O–H groups in total. The molecule has 2 heterocycles. The predicted molar refractivity (Wildman–Crippen MR) is 72.2 cm³/mol. The number of hydrogen-bond donors (Lipinski definition) is 1. The lowest BCUT2D eigenvalue weighted by Crippen LogP contribution is -2.00. The molecule has 0 amide bonds. The van der Waals surface area contributed by atoms with Crippen LogP contribution in [0.25, 0.3) is 0 Å². The molecule has 0 saturated carbocycles. The monoisotopic (exact) mass is 280 g/mol. The smallest absolute Gasteiger partial charge is 0.338 e. The van der Waals surface area contributed by atoms with Crippen LogP contribution >= 0.6 is 23.1 Å². The number of nitrogens with zero attached hydrogens (tertiary/aromatic N) is 2. The minimum Gasteiger partial charge on any atom is -0.478 e. The van der Waals surface area contributed by atoms with E-state index in [1.807, 2.05) is 5.38 Å². The van der Waals surface area contributed by atoms with E-state index in [0.717, 1.165) is 17.1 Å². The molecule has 0 aromatic carbocycles. The highest BCUT2D eigenvalue weighted by Gasteiger charge is 2.11. The number of aromatic nitrogens is 2. The Morgan fingerprint density at radius 3 is 3.06 bits per heavy atom. The summed E-state index contributed by atoms with van der Waals surface area (Å²) < 4.78 is 0. The van der Waals surface area contributed by atoms with Crippen molar-refractivity contribution >= 4 is 29.1 Å². The fourth-order valence-corrected chi connectivity index (χ4v) is 3.12. The molecule has 94 valence electrons. The highest BCUT2D eigenvalue weighted by atomic mass is 32.2. The molecule has 0 radical (unpaired) electrons. The van der Waals surface area contributed by atoms with Gasteiger partial charge in [-0.25, -0.2) is 14.8 Å².